The summed E-state index contributed by atoms with van der Waals surface area (Å²) in [6.45, 7) is 7.02. The number of hydrogen-bond acceptors (Lipinski definition) is 1. The normalized spacial score (nSPS) is 30.0. The molecule has 0 heterocycles. The van der Waals surface area contributed by atoms with Gasteiger partial charge in [0, 0.05) is 6.04 Å². The molecule has 0 aromatic heterocycles. The SMILES string of the molecule is CCCC(N)C1CCCCC1(C)C. The Morgan fingerprint density at radius 1 is 1.38 bits per heavy atom. The predicted molar refractivity (Wildman–Crippen MR) is 58.6 cm³/mol. The second-order valence-corrected chi connectivity index (χ2v) is 5.29. The minimum Gasteiger partial charge on any atom is -0.327 e. The van der Waals surface area contributed by atoms with Crippen molar-refractivity contribution >= 4 is 0 Å². The first kappa shape index (κ1) is 11.0. The van der Waals surface area contributed by atoms with E-state index in [0.717, 1.165) is 5.92 Å². The highest BCUT2D eigenvalue weighted by Gasteiger charge is 2.35. The molecule has 0 saturated heterocycles. The Morgan fingerprint density at radius 2 is 2.08 bits per heavy atom. The lowest BCUT2D eigenvalue weighted by atomic mass is 9.65. The molecule has 1 nitrogen and oxygen atoms in total. The van der Waals surface area contributed by atoms with Gasteiger partial charge in [-0.15, -0.1) is 0 Å². The minimum absolute atomic E-state index is 0.445. The van der Waals surface area contributed by atoms with Crippen LogP contribution in [0.3, 0.4) is 0 Å². The van der Waals surface area contributed by atoms with E-state index in [9.17, 15) is 0 Å². The summed E-state index contributed by atoms with van der Waals surface area (Å²) in [7, 11) is 0. The van der Waals surface area contributed by atoms with Gasteiger partial charge >= 0.3 is 0 Å². The molecule has 0 aromatic carbocycles. The van der Waals surface area contributed by atoms with Crippen molar-refractivity contribution in [2.24, 2.45) is 17.1 Å². The Morgan fingerprint density at radius 3 is 2.62 bits per heavy atom. The van der Waals surface area contributed by atoms with Crippen LogP contribution < -0.4 is 5.73 Å². The number of nitrogens with two attached hydrogens (primary N) is 1. The second kappa shape index (κ2) is 4.45. The molecule has 1 saturated carbocycles. The summed E-state index contributed by atoms with van der Waals surface area (Å²) < 4.78 is 0. The maximum atomic E-state index is 6.23. The summed E-state index contributed by atoms with van der Waals surface area (Å²) in [6, 6.07) is 0.445. The molecule has 2 unspecified atom stereocenters. The van der Waals surface area contributed by atoms with E-state index in [-0.39, 0.29) is 0 Å². The molecule has 78 valence electrons. The van der Waals surface area contributed by atoms with Crippen LogP contribution >= 0.6 is 0 Å². The van der Waals surface area contributed by atoms with Gasteiger partial charge in [0.15, 0.2) is 0 Å². The Hall–Kier alpha value is -0.0400. The van der Waals surface area contributed by atoms with Crippen LogP contribution in [0.2, 0.25) is 0 Å². The van der Waals surface area contributed by atoms with E-state index in [0.29, 0.717) is 11.5 Å². The molecule has 0 bridgehead atoms. The van der Waals surface area contributed by atoms with Gasteiger partial charge in [-0.3, -0.25) is 0 Å². The molecule has 1 rings (SSSR count). The zero-order valence-electron chi connectivity index (χ0n) is 9.47. The van der Waals surface area contributed by atoms with Crippen LogP contribution in [0, 0.1) is 11.3 Å². The maximum absolute atomic E-state index is 6.23. The maximum Gasteiger partial charge on any atom is 0.00721 e. The highest BCUT2D eigenvalue weighted by atomic mass is 14.7. The average Bonchev–Trinajstić information content (AvgIpc) is 2.03. The van der Waals surface area contributed by atoms with E-state index in [1.807, 2.05) is 0 Å². The van der Waals surface area contributed by atoms with Crippen molar-refractivity contribution in [1.82, 2.24) is 0 Å². The van der Waals surface area contributed by atoms with E-state index in [1.165, 1.54) is 38.5 Å². The van der Waals surface area contributed by atoms with Gasteiger partial charge in [0.2, 0.25) is 0 Å². The zero-order chi connectivity index (χ0) is 9.90. The van der Waals surface area contributed by atoms with Crippen molar-refractivity contribution in [3.05, 3.63) is 0 Å². The molecule has 1 aliphatic carbocycles. The fraction of sp³-hybridized carbons (Fsp3) is 1.00. The first-order valence-corrected chi connectivity index (χ1v) is 5.83. The molecule has 1 aliphatic rings. The molecule has 1 fully saturated rings. The third-order valence-electron chi connectivity index (χ3n) is 3.73. The second-order valence-electron chi connectivity index (χ2n) is 5.29. The van der Waals surface area contributed by atoms with Gasteiger partial charge in [-0.1, -0.05) is 40.0 Å². The fourth-order valence-electron chi connectivity index (χ4n) is 2.85. The van der Waals surface area contributed by atoms with E-state index in [4.69, 9.17) is 5.73 Å². The van der Waals surface area contributed by atoms with Crippen molar-refractivity contribution in [3.63, 3.8) is 0 Å². The summed E-state index contributed by atoms with van der Waals surface area (Å²) in [4.78, 5) is 0. The monoisotopic (exact) mass is 183 g/mol. The zero-order valence-corrected chi connectivity index (χ0v) is 9.47. The van der Waals surface area contributed by atoms with Gasteiger partial charge in [0.1, 0.15) is 0 Å². The van der Waals surface area contributed by atoms with Crippen molar-refractivity contribution < 1.29 is 0 Å². The third-order valence-corrected chi connectivity index (χ3v) is 3.73. The van der Waals surface area contributed by atoms with Crippen molar-refractivity contribution in [1.29, 1.82) is 0 Å². The summed E-state index contributed by atoms with van der Waals surface area (Å²) in [5, 5.41) is 0. The lowest BCUT2D eigenvalue weighted by molar-refractivity contribution is 0.109. The molecular formula is C12H25N. The van der Waals surface area contributed by atoms with Crippen LogP contribution in [0.25, 0.3) is 0 Å². The molecule has 0 amide bonds. The number of hydrogen-bond donors (Lipinski definition) is 1. The smallest absolute Gasteiger partial charge is 0.00721 e. The Balaban J connectivity index is 2.54. The Labute approximate surface area is 83.1 Å². The van der Waals surface area contributed by atoms with Gasteiger partial charge in [0.05, 0.1) is 0 Å². The molecule has 0 aromatic rings. The fourth-order valence-corrected chi connectivity index (χ4v) is 2.85. The van der Waals surface area contributed by atoms with Gasteiger partial charge in [0.25, 0.3) is 0 Å². The Kier molecular flexibility index (Phi) is 3.78. The van der Waals surface area contributed by atoms with Gasteiger partial charge in [-0.2, -0.15) is 0 Å². The summed E-state index contributed by atoms with van der Waals surface area (Å²) >= 11 is 0. The minimum atomic E-state index is 0.445. The van der Waals surface area contributed by atoms with Crippen LogP contribution in [-0.4, -0.2) is 6.04 Å². The van der Waals surface area contributed by atoms with E-state index in [1.54, 1.807) is 0 Å². The third kappa shape index (κ3) is 2.70. The summed E-state index contributed by atoms with van der Waals surface area (Å²) in [5.41, 5.74) is 6.73. The largest absolute Gasteiger partial charge is 0.327 e. The molecular weight excluding hydrogens is 158 g/mol. The van der Waals surface area contributed by atoms with Gasteiger partial charge < -0.3 is 5.73 Å². The van der Waals surface area contributed by atoms with E-state index in [2.05, 4.69) is 20.8 Å². The average molecular weight is 183 g/mol. The molecule has 2 N–H and O–H groups in total. The first-order valence-electron chi connectivity index (χ1n) is 5.83. The highest BCUT2D eigenvalue weighted by Crippen LogP contribution is 2.42. The van der Waals surface area contributed by atoms with Crippen molar-refractivity contribution in [2.45, 2.75) is 65.3 Å². The van der Waals surface area contributed by atoms with E-state index < -0.39 is 0 Å². The Bertz CT molecular complexity index is 151. The van der Waals surface area contributed by atoms with Crippen molar-refractivity contribution in [3.8, 4) is 0 Å². The van der Waals surface area contributed by atoms with Gasteiger partial charge in [-0.25, -0.2) is 0 Å². The summed E-state index contributed by atoms with van der Waals surface area (Å²) in [5.74, 6) is 0.765. The van der Waals surface area contributed by atoms with Crippen LogP contribution in [0.1, 0.15) is 59.3 Å². The van der Waals surface area contributed by atoms with Crippen molar-refractivity contribution in [2.75, 3.05) is 0 Å². The molecule has 0 aliphatic heterocycles. The van der Waals surface area contributed by atoms with Crippen LogP contribution in [0.4, 0.5) is 0 Å². The summed E-state index contributed by atoms with van der Waals surface area (Å²) in [6.07, 6.45) is 7.96. The number of rotatable bonds is 3. The molecule has 0 spiro atoms. The molecule has 2 atom stereocenters. The lowest BCUT2D eigenvalue weighted by Gasteiger charge is -2.42. The lowest BCUT2D eigenvalue weighted by Crippen LogP contribution is -2.41. The van der Waals surface area contributed by atoms with Gasteiger partial charge in [-0.05, 0) is 30.6 Å². The standard InChI is InChI=1S/C12H25N/c1-4-7-11(13)10-8-5-6-9-12(10,2)3/h10-11H,4-9,13H2,1-3H3. The molecule has 13 heavy (non-hydrogen) atoms. The highest BCUT2D eigenvalue weighted by molar-refractivity contribution is 4.88. The van der Waals surface area contributed by atoms with Crippen LogP contribution in [-0.2, 0) is 0 Å². The predicted octanol–water partition coefficient (Wildman–Crippen LogP) is 3.33. The van der Waals surface area contributed by atoms with Crippen LogP contribution in [0.5, 0.6) is 0 Å². The van der Waals surface area contributed by atoms with E-state index >= 15 is 0 Å². The quantitative estimate of drug-likeness (QED) is 0.713. The molecule has 1 heteroatoms. The topological polar surface area (TPSA) is 26.0 Å². The van der Waals surface area contributed by atoms with Crippen LogP contribution in [0.15, 0.2) is 0 Å². The molecule has 0 radical (unpaired) electrons. The first-order chi connectivity index (χ1) is 6.08.